The Labute approximate surface area is 217 Å². The van der Waals surface area contributed by atoms with E-state index in [1.165, 1.54) is 19.1 Å². The van der Waals surface area contributed by atoms with Gasteiger partial charge in [-0.25, -0.2) is 14.8 Å². The van der Waals surface area contributed by atoms with Crippen LogP contribution in [0.15, 0.2) is 48.5 Å². The van der Waals surface area contributed by atoms with Crippen molar-refractivity contribution in [2.24, 2.45) is 0 Å². The van der Waals surface area contributed by atoms with Crippen molar-refractivity contribution in [2.75, 3.05) is 48.4 Å². The molecular weight excluding hydrogens is 503 g/mol. The molecule has 2 aromatic carbocycles. The third-order valence-corrected chi connectivity index (χ3v) is 5.63. The summed E-state index contributed by atoms with van der Waals surface area (Å²) in [6, 6.07) is 10.2. The number of hydrogen-bond donors (Lipinski definition) is 2. The summed E-state index contributed by atoms with van der Waals surface area (Å²) in [7, 11) is 0. The Morgan fingerprint density at radius 2 is 1.71 bits per heavy atom. The quantitative estimate of drug-likeness (QED) is 0.403. The molecule has 12 heteroatoms. The Hall–Kier alpha value is -4.19. The van der Waals surface area contributed by atoms with E-state index in [9.17, 15) is 22.8 Å². The molecule has 2 N–H and O–H groups in total. The Bertz CT molecular complexity index is 1310. The van der Waals surface area contributed by atoms with Crippen LogP contribution < -0.4 is 20.3 Å². The summed E-state index contributed by atoms with van der Waals surface area (Å²) in [5, 5.41) is 4.97. The monoisotopic (exact) mass is 529 g/mol. The lowest BCUT2D eigenvalue weighted by molar-refractivity contribution is -0.137. The number of carbonyl (C=O) groups excluding carboxylic acids is 2. The smallest absolute Gasteiger partial charge is 0.416 e. The number of halogens is 3. The summed E-state index contributed by atoms with van der Waals surface area (Å²) in [4.78, 5) is 35.9. The standard InChI is InChI=1S/C26H26F3N5O4/c1-3-38-22-21(16(2)35)32-23(33-24(22)34-11-13-37-14-12-34)17-7-9-19(10-8-17)30-25(36)31-20-6-4-5-18(15-20)26(27,28)29/h4-10,15H,3,11-14H2,1-2H3,(H2,30,31,36). The Morgan fingerprint density at radius 3 is 2.34 bits per heavy atom. The number of carbonyl (C=O) groups is 2. The molecule has 1 saturated heterocycles. The van der Waals surface area contributed by atoms with Gasteiger partial charge in [-0.1, -0.05) is 6.07 Å². The predicted molar refractivity (Wildman–Crippen MR) is 136 cm³/mol. The van der Waals surface area contributed by atoms with Crippen LogP contribution >= 0.6 is 0 Å². The zero-order valence-electron chi connectivity index (χ0n) is 20.8. The lowest BCUT2D eigenvalue weighted by Crippen LogP contribution is -2.37. The molecule has 1 aliphatic heterocycles. The summed E-state index contributed by atoms with van der Waals surface area (Å²) in [5.41, 5.74) is 0.291. The highest BCUT2D eigenvalue weighted by Crippen LogP contribution is 2.34. The number of urea groups is 1. The van der Waals surface area contributed by atoms with Crippen molar-refractivity contribution in [1.82, 2.24) is 9.97 Å². The van der Waals surface area contributed by atoms with Gasteiger partial charge in [0.1, 0.15) is 0 Å². The SMILES string of the molecule is CCOc1c(C(C)=O)nc(-c2ccc(NC(=O)Nc3cccc(C(F)(F)F)c3)cc2)nc1N1CCOCC1. The van der Waals surface area contributed by atoms with E-state index < -0.39 is 17.8 Å². The second kappa shape index (κ2) is 11.5. The molecule has 2 amide bonds. The van der Waals surface area contributed by atoms with Crippen LogP contribution in [-0.4, -0.2) is 54.7 Å². The molecule has 3 aromatic rings. The third-order valence-electron chi connectivity index (χ3n) is 5.63. The van der Waals surface area contributed by atoms with Crippen molar-refractivity contribution >= 4 is 29.0 Å². The van der Waals surface area contributed by atoms with Gasteiger partial charge in [0, 0.05) is 37.0 Å². The molecule has 1 aromatic heterocycles. The van der Waals surface area contributed by atoms with Crippen molar-refractivity contribution in [1.29, 1.82) is 0 Å². The first-order valence-electron chi connectivity index (χ1n) is 11.9. The van der Waals surface area contributed by atoms with Gasteiger partial charge in [0.25, 0.3) is 0 Å². The van der Waals surface area contributed by atoms with Gasteiger partial charge >= 0.3 is 12.2 Å². The predicted octanol–water partition coefficient (Wildman–Crippen LogP) is 5.24. The summed E-state index contributed by atoms with van der Waals surface area (Å²) in [6.07, 6.45) is -4.52. The van der Waals surface area contributed by atoms with E-state index in [1.807, 2.05) is 11.8 Å². The summed E-state index contributed by atoms with van der Waals surface area (Å²) in [6.45, 7) is 5.76. The highest BCUT2D eigenvalue weighted by Gasteiger charge is 2.30. The van der Waals surface area contributed by atoms with Crippen molar-refractivity contribution in [2.45, 2.75) is 20.0 Å². The number of rotatable bonds is 7. The van der Waals surface area contributed by atoms with Crippen LogP contribution in [0.1, 0.15) is 29.9 Å². The Kier molecular flexibility index (Phi) is 8.10. The number of nitrogens with zero attached hydrogens (tertiary/aromatic N) is 3. The highest BCUT2D eigenvalue weighted by atomic mass is 19.4. The normalized spacial score (nSPS) is 13.7. The van der Waals surface area contributed by atoms with Gasteiger partial charge in [0.2, 0.25) is 0 Å². The number of alkyl halides is 3. The lowest BCUT2D eigenvalue weighted by atomic mass is 10.1. The minimum absolute atomic E-state index is 0.00383. The molecule has 0 aliphatic carbocycles. The van der Waals surface area contributed by atoms with Crippen LogP contribution in [0.4, 0.5) is 35.2 Å². The molecule has 0 unspecified atom stereocenters. The fourth-order valence-electron chi connectivity index (χ4n) is 3.84. The van der Waals surface area contributed by atoms with E-state index in [1.54, 1.807) is 24.3 Å². The van der Waals surface area contributed by atoms with Crippen molar-refractivity contribution in [3.63, 3.8) is 0 Å². The fraction of sp³-hybridized carbons (Fsp3) is 0.308. The molecule has 2 heterocycles. The van der Waals surface area contributed by atoms with Gasteiger partial charge in [-0.15, -0.1) is 0 Å². The minimum Gasteiger partial charge on any atom is -0.488 e. The molecule has 0 saturated carbocycles. The number of anilines is 3. The second-order valence-electron chi connectivity index (χ2n) is 8.37. The van der Waals surface area contributed by atoms with Crippen LogP contribution in [0.2, 0.25) is 0 Å². The van der Waals surface area contributed by atoms with E-state index in [2.05, 4.69) is 15.6 Å². The molecule has 38 heavy (non-hydrogen) atoms. The molecule has 0 bridgehead atoms. The number of ether oxygens (including phenoxy) is 2. The molecule has 0 radical (unpaired) electrons. The van der Waals surface area contributed by atoms with Crippen LogP contribution in [-0.2, 0) is 10.9 Å². The van der Waals surface area contributed by atoms with Crippen molar-refractivity contribution < 1.29 is 32.2 Å². The average molecular weight is 530 g/mol. The van der Waals surface area contributed by atoms with Gasteiger partial charge in [-0.2, -0.15) is 13.2 Å². The number of hydrogen-bond acceptors (Lipinski definition) is 7. The van der Waals surface area contributed by atoms with E-state index in [-0.39, 0.29) is 17.2 Å². The number of amides is 2. The van der Waals surface area contributed by atoms with Crippen LogP contribution in [0, 0.1) is 0 Å². The molecule has 9 nitrogen and oxygen atoms in total. The first-order chi connectivity index (χ1) is 18.2. The number of ketones is 1. The van der Waals surface area contributed by atoms with Gasteiger partial charge in [0.05, 0.1) is 25.4 Å². The zero-order valence-corrected chi connectivity index (χ0v) is 20.8. The van der Waals surface area contributed by atoms with Gasteiger partial charge in [-0.3, -0.25) is 4.79 Å². The maximum absolute atomic E-state index is 12.9. The van der Waals surface area contributed by atoms with Crippen molar-refractivity contribution in [3.05, 3.63) is 59.8 Å². The maximum Gasteiger partial charge on any atom is 0.416 e. The molecular formula is C26H26F3N5O4. The van der Waals surface area contributed by atoms with Crippen LogP contribution in [0.5, 0.6) is 5.75 Å². The first-order valence-corrected chi connectivity index (χ1v) is 11.9. The van der Waals surface area contributed by atoms with E-state index >= 15 is 0 Å². The van der Waals surface area contributed by atoms with Gasteiger partial charge < -0.3 is 25.0 Å². The van der Waals surface area contributed by atoms with Crippen LogP contribution in [0.3, 0.4) is 0 Å². The van der Waals surface area contributed by atoms with E-state index in [4.69, 9.17) is 14.5 Å². The Morgan fingerprint density at radius 1 is 1.03 bits per heavy atom. The molecule has 200 valence electrons. The largest absolute Gasteiger partial charge is 0.488 e. The van der Waals surface area contributed by atoms with Crippen LogP contribution in [0.25, 0.3) is 11.4 Å². The first kappa shape index (κ1) is 26.9. The molecule has 1 fully saturated rings. The Balaban J connectivity index is 1.55. The topological polar surface area (TPSA) is 106 Å². The summed E-state index contributed by atoms with van der Waals surface area (Å²) < 4.78 is 50.0. The number of nitrogens with one attached hydrogen (secondary N) is 2. The average Bonchev–Trinajstić information content (AvgIpc) is 2.89. The molecule has 0 atom stereocenters. The minimum atomic E-state index is -4.52. The second-order valence-corrected chi connectivity index (χ2v) is 8.37. The summed E-state index contributed by atoms with van der Waals surface area (Å²) >= 11 is 0. The molecule has 0 spiro atoms. The number of Topliss-reactive ketones (excluding diaryl/α,β-unsaturated/α-hetero) is 1. The summed E-state index contributed by atoms with van der Waals surface area (Å²) in [5.74, 6) is 0.875. The van der Waals surface area contributed by atoms with Gasteiger partial charge in [0.15, 0.2) is 28.9 Å². The van der Waals surface area contributed by atoms with Gasteiger partial charge in [-0.05, 0) is 49.4 Å². The molecule has 4 rings (SSSR count). The zero-order chi connectivity index (χ0) is 27.3. The maximum atomic E-state index is 12.9. The van der Waals surface area contributed by atoms with Crippen molar-refractivity contribution in [3.8, 4) is 17.1 Å². The number of morpholine rings is 1. The highest BCUT2D eigenvalue weighted by molar-refractivity contribution is 6.00. The fourth-order valence-corrected chi connectivity index (χ4v) is 3.84. The molecule has 1 aliphatic rings. The number of benzene rings is 2. The van der Waals surface area contributed by atoms with E-state index in [0.717, 1.165) is 12.1 Å². The number of aromatic nitrogens is 2. The lowest BCUT2D eigenvalue weighted by Gasteiger charge is -2.29. The third kappa shape index (κ3) is 6.38. The van der Waals surface area contributed by atoms with E-state index in [0.29, 0.717) is 61.6 Å².